The van der Waals surface area contributed by atoms with Gasteiger partial charge in [0, 0.05) is 30.3 Å². The molecule has 0 saturated heterocycles. The molecule has 0 aliphatic carbocycles. The summed E-state index contributed by atoms with van der Waals surface area (Å²) in [5, 5.41) is 9.96. The lowest BCUT2D eigenvalue weighted by atomic mass is 9.88. The molecule has 1 atom stereocenters. The van der Waals surface area contributed by atoms with Crippen LogP contribution in [0.25, 0.3) is 10.9 Å². The van der Waals surface area contributed by atoms with Crippen LogP contribution in [0, 0.1) is 6.92 Å². The number of rotatable bonds is 1. The topological polar surface area (TPSA) is 59.8 Å². The Kier molecular flexibility index (Phi) is 2.99. The third-order valence-electron chi connectivity index (χ3n) is 4.08. The van der Waals surface area contributed by atoms with Gasteiger partial charge in [-0.2, -0.15) is 9.47 Å². The maximum atomic E-state index is 12.0. The van der Waals surface area contributed by atoms with Crippen molar-refractivity contribution >= 4 is 44.9 Å². The first-order valence-electron chi connectivity index (χ1n) is 6.93. The Hall–Kier alpha value is -1.92. The van der Waals surface area contributed by atoms with Gasteiger partial charge in [-0.1, -0.05) is 17.7 Å². The first-order chi connectivity index (χ1) is 10.6. The highest BCUT2D eigenvalue weighted by Crippen LogP contribution is 2.43. The standard InChI is InChI=1S/C15H13ClN4OS/c1-7-12-8(6-11(21)17-15(12)22-19-7)14-13-9(16)4-3-5-10(13)20(2)18-14/h3-5,8H,6H2,1-2H3,(H,17,21)/t8-/m1/s1. The normalized spacial score (nSPS) is 17.6. The second-order valence-corrected chi connectivity index (χ2v) is 6.64. The zero-order chi connectivity index (χ0) is 15.4. The van der Waals surface area contributed by atoms with E-state index in [2.05, 4.69) is 14.8 Å². The second-order valence-electron chi connectivity index (χ2n) is 5.46. The molecule has 1 aliphatic heterocycles. The third-order valence-corrected chi connectivity index (χ3v) is 5.27. The Morgan fingerprint density at radius 1 is 1.45 bits per heavy atom. The van der Waals surface area contributed by atoms with Crippen molar-refractivity contribution in [2.45, 2.75) is 19.3 Å². The third kappa shape index (κ3) is 1.87. The Bertz CT molecular complexity index is 914. The average Bonchev–Trinajstić information content (AvgIpc) is 3.01. The minimum absolute atomic E-state index is 0.00740. The minimum atomic E-state index is -0.105. The van der Waals surface area contributed by atoms with Gasteiger partial charge in [0.15, 0.2) is 0 Å². The molecule has 22 heavy (non-hydrogen) atoms. The van der Waals surface area contributed by atoms with Crippen molar-refractivity contribution in [3.8, 4) is 0 Å². The van der Waals surface area contributed by atoms with Gasteiger partial charge in [0.2, 0.25) is 5.91 Å². The number of amides is 1. The molecule has 1 aliphatic rings. The summed E-state index contributed by atoms with van der Waals surface area (Å²) in [5.41, 5.74) is 3.82. The molecule has 112 valence electrons. The predicted molar refractivity (Wildman–Crippen MR) is 87.7 cm³/mol. The maximum Gasteiger partial charge on any atom is 0.226 e. The van der Waals surface area contributed by atoms with Crippen LogP contribution in [0.15, 0.2) is 18.2 Å². The Balaban J connectivity index is 2.00. The maximum absolute atomic E-state index is 12.0. The number of aryl methyl sites for hydroxylation is 2. The van der Waals surface area contributed by atoms with E-state index in [1.165, 1.54) is 11.5 Å². The van der Waals surface area contributed by atoms with Gasteiger partial charge >= 0.3 is 0 Å². The first kappa shape index (κ1) is 13.7. The van der Waals surface area contributed by atoms with Crippen LogP contribution < -0.4 is 5.32 Å². The van der Waals surface area contributed by atoms with Crippen LogP contribution >= 0.6 is 23.1 Å². The van der Waals surface area contributed by atoms with E-state index in [9.17, 15) is 4.79 Å². The van der Waals surface area contributed by atoms with Gasteiger partial charge in [-0.15, -0.1) is 0 Å². The van der Waals surface area contributed by atoms with E-state index in [0.717, 1.165) is 32.9 Å². The zero-order valence-corrected chi connectivity index (χ0v) is 13.6. The average molecular weight is 333 g/mol. The SMILES string of the molecule is Cc1nsc2c1[C@H](c1nn(C)c3cccc(Cl)c13)CC(=O)N2. The van der Waals surface area contributed by atoms with Crippen molar-refractivity contribution < 1.29 is 4.79 Å². The van der Waals surface area contributed by atoms with Crippen LogP contribution in [-0.2, 0) is 11.8 Å². The Morgan fingerprint density at radius 2 is 2.27 bits per heavy atom. The van der Waals surface area contributed by atoms with Crippen molar-refractivity contribution in [1.29, 1.82) is 0 Å². The Morgan fingerprint density at radius 3 is 3.09 bits per heavy atom. The van der Waals surface area contributed by atoms with E-state index in [-0.39, 0.29) is 11.8 Å². The number of fused-ring (bicyclic) bond motifs is 2. The summed E-state index contributed by atoms with van der Waals surface area (Å²) >= 11 is 7.73. The zero-order valence-electron chi connectivity index (χ0n) is 12.1. The van der Waals surface area contributed by atoms with Crippen molar-refractivity contribution in [3.05, 3.63) is 40.2 Å². The molecule has 1 aromatic carbocycles. The van der Waals surface area contributed by atoms with E-state index >= 15 is 0 Å². The quantitative estimate of drug-likeness (QED) is 0.742. The molecule has 0 saturated carbocycles. The summed E-state index contributed by atoms with van der Waals surface area (Å²) in [7, 11) is 1.89. The van der Waals surface area contributed by atoms with Gasteiger partial charge in [-0.05, 0) is 30.6 Å². The number of hydrogen-bond acceptors (Lipinski definition) is 4. The van der Waals surface area contributed by atoms with E-state index in [1.54, 1.807) is 0 Å². The van der Waals surface area contributed by atoms with Crippen molar-refractivity contribution in [2.75, 3.05) is 5.32 Å². The molecule has 2 aromatic heterocycles. The molecular weight excluding hydrogens is 320 g/mol. The van der Waals surface area contributed by atoms with Crippen molar-refractivity contribution in [3.63, 3.8) is 0 Å². The van der Waals surface area contributed by atoms with Crippen LogP contribution in [0.2, 0.25) is 5.02 Å². The van der Waals surface area contributed by atoms with Gasteiger partial charge < -0.3 is 5.32 Å². The first-order valence-corrected chi connectivity index (χ1v) is 8.08. The van der Waals surface area contributed by atoms with Crippen LogP contribution in [0.1, 0.15) is 29.3 Å². The number of anilines is 1. The minimum Gasteiger partial charge on any atom is -0.316 e. The van der Waals surface area contributed by atoms with Gasteiger partial charge in [0.05, 0.1) is 21.9 Å². The van der Waals surface area contributed by atoms with Crippen LogP contribution in [0.5, 0.6) is 0 Å². The number of aromatic nitrogens is 3. The van der Waals surface area contributed by atoms with E-state index in [0.29, 0.717) is 11.4 Å². The highest BCUT2D eigenvalue weighted by molar-refractivity contribution is 7.10. The van der Waals surface area contributed by atoms with Gasteiger partial charge in [0.1, 0.15) is 5.00 Å². The number of halogens is 1. The highest BCUT2D eigenvalue weighted by Gasteiger charge is 2.33. The smallest absolute Gasteiger partial charge is 0.226 e. The summed E-state index contributed by atoms with van der Waals surface area (Å²) in [4.78, 5) is 12.0. The lowest BCUT2D eigenvalue weighted by Crippen LogP contribution is -2.23. The fourth-order valence-corrected chi connectivity index (χ4v) is 4.26. The molecule has 0 bridgehead atoms. The number of nitrogens with zero attached hydrogens (tertiary/aromatic N) is 3. The molecule has 4 rings (SSSR count). The van der Waals surface area contributed by atoms with E-state index < -0.39 is 0 Å². The number of carbonyl (C=O) groups is 1. The summed E-state index contributed by atoms with van der Waals surface area (Å²) in [5.74, 6) is -0.113. The van der Waals surface area contributed by atoms with Crippen LogP contribution in [0.3, 0.4) is 0 Å². The Labute approximate surface area is 136 Å². The second kappa shape index (κ2) is 4.79. The number of carbonyl (C=O) groups excluding carboxylic acids is 1. The lowest BCUT2D eigenvalue weighted by Gasteiger charge is -2.21. The summed E-state index contributed by atoms with van der Waals surface area (Å²) < 4.78 is 6.19. The summed E-state index contributed by atoms with van der Waals surface area (Å²) in [6.45, 7) is 1.96. The van der Waals surface area contributed by atoms with Crippen LogP contribution in [-0.4, -0.2) is 20.1 Å². The van der Waals surface area contributed by atoms with Gasteiger partial charge in [-0.25, -0.2) is 0 Å². The molecule has 1 amide bonds. The molecule has 5 nitrogen and oxygen atoms in total. The molecule has 3 heterocycles. The van der Waals surface area contributed by atoms with Crippen molar-refractivity contribution in [2.24, 2.45) is 7.05 Å². The fraction of sp³-hybridized carbons (Fsp3) is 0.267. The summed E-state index contributed by atoms with van der Waals surface area (Å²) in [6, 6.07) is 5.75. The largest absolute Gasteiger partial charge is 0.316 e. The molecule has 0 radical (unpaired) electrons. The number of nitrogens with one attached hydrogen (secondary N) is 1. The molecular formula is C15H13ClN4OS. The number of hydrogen-bond donors (Lipinski definition) is 1. The van der Waals surface area contributed by atoms with Gasteiger partial charge in [0.25, 0.3) is 0 Å². The molecule has 0 fully saturated rings. The monoisotopic (exact) mass is 332 g/mol. The molecule has 0 spiro atoms. The summed E-state index contributed by atoms with van der Waals surface area (Å²) in [6.07, 6.45) is 0.365. The van der Waals surface area contributed by atoms with E-state index in [4.69, 9.17) is 11.6 Å². The highest BCUT2D eigenvalue weighted by atomic mass is 35.5. The van der Waals surface area contributed by atoms with E-state index in [1.807, 2.05) is 36.9 Å². The molecule has 7 heteroatoms. The molecule has 1 N–H and O–H groups in total. The van der Waals surface area contributed by atoms with Gasteiger partial charge in [-0.3, -0.25) is 9.48 Å². The van der Waals surface area contributed by atoms with Crippen LogP contribution in [0.4, 0.5) is 5.00 Å². The lowest BCUT2D eigenvalue weighted by molar-refractivity contribution is -0.116. The molecule has 3 aromatic rings. The van der Waals surface area contributed by atoms with Crippen molar-refractivity contribution in [1.82, 2.24) is 14.2 Å². The fourth-order valence-electron chi connectivity index (χ4n) is 3.12. The predicted octanol–water partition coefficient (Wildman–Crippen LogP) is 3.47. The number of benzene rings is 1. The molecule has 0 unspecified atom stereocenters.